The number of pyridine rings is 1. The van der Waals surface area contributed by atoms with E-state index in [-0.39, 0.29) is 19.6 Å². The zero-order chi connectivity index (χ0) is 13.9. The first kappa shape index (κ1) is 16.2. The molecule has 6 heteroatoms. The summed E-state index contributed by atoms with van der Waals surface area (Å²) in [6, 6.07) is 2.01. The fraction of sp³-hybridized carbons (Fsp3) is 0.600. The number of rotatable bonds is 4. The van der Waals surface area contributed by atoms with Crippen molar-refractivity contribution in [2.45, 2.75) is 51.8 Å². The average Bonchev–Trinajstić information content (AvgIpc) is 2.83. The van der Waals surface area contributed by atoms with Crippen molar-refractivity contribution in [3.63, 3.8) is 0 Å². The molecule has 2 atom stereocenters. The molecular formula is C15H23ClN4O. The van der Waals surface area contributed by atoms with Crippen molar-refractivity contribution in [1.29, 1.82) is 0 Å². The second-order valence-corrected chi connectivity index (χ2v) is 5.73. The Morgan fingerprint density at radius 1 is 1.43 bits per heavy atom. The summed E-state index contributed by atoms with van der Waals surface area (Å²) in [5, 5.41) is 13.8. The number of imidazole rings is 1. The first-order valence-corrected chi connectivity index (χ1v) is 7.49. The molecule has 1 fully saturated rings. The van der Waals surface area contributed by atoms with Gasteiger partial charge in [-0.1, -0.05) is 19.0 Å². The monoisotopic (exact) mass is 310 g/mol. The van der Waals surface area contributed by atoms with Gasteiger partial charge >= 0.3 is 0 Å². The molecule has 2 aromatic rings. The number of hydrogen-bond acceptors (Lipinski definition) is 4. The van der Waals surface area contributed by atoms with E-state index in [1.807, 2.05) is 6.33 Å². The number of hydrogen-bond donors (Lipinski definition) is 2. The molecule has 2 aromatic heterocycles. The lowest BCUT2D eigenvalue weighted by Crippen LogP contribution is -2.44. The van der Waals surface area contributed by atoms with Crippen LogP contribution in [0.1, 0.15) is 33.1 Å². The molecule has 0 radical (unpaired) electrons. The van der Waals surface area contributed by atoms with Crippen molar-refractivity contribution in [2.24, 2.45) is 0 Å². The van der Waals surface area contributed by atoms with E-state index in [0.717, 1.165) is 49.8 Å². The van der Waals surface area contributed by atoms with Crippen LogP contribution in [0.3, 0.4) is 0 Å². The van der Waals surface area contributed by atoms with Gasteiger partial charge in [0.15, 0.2) is 0 Å². The Bertz CT molecular complexity index is 586. The molecule has 3 rings (SSSR count). The maximum atomic E-state index is 9.92. The molecule has 3 heterocycles. The molecule has 1 saturated heterocycles. The van der Waals surface area contributed by atoms with Crippen LogP contribution in [0.5, 0.6) is 0 Å². The molecule has 0 unspecified atom stereocenters. The maximum absolute atomic E-state index is 9.92. The van der Waals surface area contributed by atoms with E-state index < -0.39 is 0 Å². The average molecular weight is 311 g/mol. The molecule has 1 aliphatic rings. The summed E-state index contributed by atoms with van der Waals surface area (Å²) in [6.07, 6.45) is 7.34. The quantitative estimate of drug-likeness (QED) is 0.852. The van der Waals surface area contributed by atoms with E-state index in [1.165, 1.54) is 0 Å². The van der Waals surface area contributed by atoms with Crippen molar-refractivity contribution in [1.82, 2.24) is 19.9 Å². The maximum Gasteiger partial charge on any atom is 0.131 e. The number of piperidine rings is 1. The summed E-state index contributed by atoms with van der Waals surface area (Å²) in [7, 11) is 0. The smallest absolute Gasteiger partial charge is 0.131 e. The van der Waals surface area contributed by atoms with Gasteiger partial charge < -0.3 is 15.0 Å². The second kappa shape index (κ2) is 7.20. The first-order chi connectivity index (χ1) is 9.74. The third-order valence-corrected chi connectivity index (χ3v) is 4.14. The molecule has 0 amide bonds. The predicted octanol–water partition coefficient (Wildman–Crippen LogP) is 2.61. The summed E-state index contributed by atoms with van der Waals surface area (Å²) in [4.78, 5) is 8.44. The lowest BCUT2D eigenvalue weighted by atomic mass is 9.97. The molecule has 0 aliphatic carbocycles. The predicted molar refractivity (Wildman–Crippen MR) is 85.5 cm³/mol. The number of aryl methyl sites for hydroxylation is 1. The molecule has 0 bridgehead atoms. The third-order valence-electron chi connectivity index (χ3n) is 3.94. The number of halogens is 1. The number of nitrogens with one attached hydrogen (secondary N) is 1. The van der Waals surface area contributed by atoms with Gasteiger partial charge in [-0.05, 0) is 32.2 Å². The number of fused-ring (bicyclic) bond motifs is 1. The minimum Gasteiger partial charge on any atom is -0.392 e. The zero-order valence-corrected chi connectivity index (χ0v) is 12.1. The van der Waals surface area contributed by atoms with Crippen LogP contribution in [0.4, 0.5) is 0 Å². The van der Waals surface area contributed by atoms with Crippen molar-refractivity contribution < 1.29 is 5.11 Å². The topological polar surface area (TPSA) is 63.0 Å². The molecule has 0 spiro atoms. The fourth-order valence-corrected chi connectivity index (χ4v) is 2.97. The van der Waals surface area contributed by atoms with Crippen LogP contribution in [0, 0.1) is 0 Å². The van der Waals surface area contributed by atoms with Crippen molar-refractivity contribution in [3.05, 3.63) is 23.7 Å². The first-order valence-electron chi connectivity index (χ1n) is 7.12. The van der Waals surface area contributed by atoms with Crippen LogP contribution in [-0.2, 0) is 6.54 Å². The van der Waals surface area contributed by atoms with Gasteiger partial charge in [-0.25, -0.2) is 9.97 Å². The third kappa shape index (κ3) is 3.73. The lowest BCUT2D eigenvalue weighted by Gasteiger charge is -2.28. The molecule has 21 heavy (non-hydrogen) atoms. The van der Waals surface area contributed by atoms with Gasteiger partial charge in [0.2, 0.25) is 0 Å². The largest absolute Gasteiger partial charge is 0.392 e. The van der Waals surface area contributed by atoms with Gasteiger partial charge in [0, 0.05) is 18.7 Å². The Morgan fingerprint density at radius 3 is 3.10 bits per heavy atom. The van der Waals surface area contributed by atoms with Crippen LogP contribution in [0.15, 0.2) is 18.6 Å². The Morgan fingerprint density at radius 2 is 2.29 bits per heavy atom. The highest BCUT2D eigenvalue weighted by Crippen LogP contribution is 2.17. The number of nitrogens with zero attached hydrogens (tertiary/aromatic N) is 3. The van der Waals surface area contributed by atoms with E-state index in [1.54, 1.807) is 12.3 Å². The standard InChI is InChI=1S/C14H19ClN4O.CH4/c15-14-7-11-12(8-17-14)19(9-18-11)6-2-3-10-13(20)4-1-5-16-10;/h7-10,13,16,20H,1-6H2;1H4/t10-,13+;/m1./s1. The van der Waals surface area contributed by atoms with E-state index in [4.69, 9.17) is 11.6 Å². The molecular weight excluding hydrogens is 288 g/mol. The van der Waals surface area contributed by atoms with Gasteiger partial charge in [0.05, 0.1) is 29.7 Å². The molecule has 116 valence electrons. The summed E-state index contributed by atoms with van der Waals surface area (Å²) in [5.41, 5.74) is 1.88. The minimum absolute atomic E-state index is 0. The highest BCUT2D eigenvalue weighted by Gasteiger charge is 2.21. The second-order valence-electron chi connectivity index (χ2n) is 5.35. The number of aromatic nitrogens is 3. The number of aliphatic hydroxyl groups is 1. The normalized spacial score (nSPS) is 22.2. The van der Waals surface area contributed by atoms with Gasteiger partial charge in [0.25, 0.3) is 0 Å². The number of aliphatic hydroxyl groups excluding tert-OH is 1. The van der Waals surface area contributed by atoms with Crippen molar-refractivity contribution >= 4 is 22.6 Å². The highest BCUT2D eigenvalue weighted by molar-refractivity contribution is 6.29. The summed E-state index contributed by atoms with van der Waals surface area (Å²) >= 11 is 5.85. The van der Waals surface area contributed by atoms with Crippen LogP contribution in [-0.4, -0.2) is 38.3 Å². The fourth-order valence-electron chi connectivity index (χ4n) is 2.82. The lowest BCUT2D eigenvalue weighted by molar-refractivity contribution is 0.0909. The summed E-state index contributed by atoms with van der Waals surface area (Å²) in [6.45, 7) is 1.89. The Kier molecular flexibility index (Phi) is 5.56. The van der Waals surface area contributed by atoms with Gasteiger partial charge in [0.1, 0.15) is 5.15 Å². The van der Waals surface area contributed by atoms with E-state index in [2.05, 4.69) is 19.9 Å². The van der Waals surface area contributed by atoms with Crippen LogP contribution in [0.25, 0.3) is 11.0 Å². The molecule has 1 aliphatic heterocycles. The molecule has 2 N–H and O–H groups in total. The molecule has 5 nitrogen and oxygen atoms in total. The van der Waals surface area contributed by atoms with E-state index in [9.17, 15) is 5.11 Å². The van der Waals surface area contributed by atoms with Gasteiger partial charge in [-0.3, -0.25) is 0 Å². The van der Waals surface area contributed by atoms with Gasteiger partial charge in [-0.2, -0.15) is 0 Å². The Hall–Kier alpha value is -1.17. The summed E-state index contributed by atoms with van der Waals surface area (Å²) < 4.78 is 2.09. The SMILES string of the molecule is C.O[C@H]1CCCN[C@@H]1CCCn1cnc2cc(Cl)ncc21. The van der Waals surface area contributed by atoms with Gasteiger partial charge in [-0.15, -0.1) is 0 Å². The molecule has 0 aromatic carbocycles. The van der Waals surface area contributed by atoms with Crippen LogP contribution < -0.4 is 5.32 Å². The highest BCUT2D eigenvalue weighted by atomic mass is 35.5. The Labute approximate surface area is 130 Å². The van der Waals surface area contributed by atoms with E-state index in [0.29, 0.717) is 5.15 Å². The van der Waals surface area contributed by atoms with E-state index >= 15 is 0 Å². The molecule has 0 saturated carbocycles. The zero-order valence-electron chi connectivity index (χ0n) is 11.3. The Balaban J connectivity index is 0.00000161. The minimum atomic E-state index is -0.205. The van der Waals surface area contributed by atoms with Crippen LogP contribution >= 0.6 is 11.6 Å². The van der Waals surface area contributed by atoms with Crippen molar-refractivity contribution in [3.8, 4) is 0 Å². The summed E-state index contributed by atoms with van der Waals surface area (Å²) in [5.74, 6) is 0. The van der Waals surface area contributed by atoms with Crippen molar-refractivity contribution in [2.75, 3.05) is 6.54 Å². The van der Waals surface area contributed by atoms with Crippen LogP contribution in [0.2, 0.25) is 5.15 Å².